The predicted molar refractivity (Wildman–Crippen MR) is 123 cm³/mol. The molecule has 4 aliphatic rings. The number of ether oxygens (including phenoxy) is 2. The smallest absolute Gasteiger partial charge is 0.163 e. The molecule has 32 heavy (non-hydrogen) atoms. The molecule has 2 aromatic heterocycles. The van der Waals surface area contributed by atoms with E-state index in [1.54, 1.807) is 6.33 Å². The Kier molecular flexibility index (Phi) is 4.81. The molecule has 3 saturated heterocycles. The summed E-state index contributed by atoms with van der Waals surface area (Å²) in [7, 11) is 2.25. The van der Waals surface area contributed by atoms with Crippen LogP contribution in [0.5, 0.6) is 0 Å². The summed E-state index contributed by atoms with van der Waals surface area (Å²) in [5.74, 6) is 0.419. The van der Waals surface area contributed by atoms with Crippen LogP contribution in [0.4, 0.5) is 5.82 Å². The minimum absolute atomic E-state index is 0.0258. The van der Waals surface area contributed by atoms with Gasteiger partial charge in [-0.2, -0.15) is 0 Å². The van der Waals surface area contributed by atoms with Crippen LogP contribution in [-0.2, 0) is 9.47 Å². The van der Waals surface area contributed by atoms with Gasteiger partial charge in [0, 0.05) is 24.2 Å². The van der Waals surface area contributed by atoms with Crippen LogP contribution in [0, 0.1) is 5.92 Å². The highest BCUT2D eigenvalue weighted by molar-refractivity contribution is 5.86. The minimum atomic E-state index is -0.556. The number of fused-ring (bicyclic) bond motifs is 2. The van der Waals surface area contributed by atoms with E-state index in [0.717, 1.165) is 24.0 Å². The Labute approximate surface area is 190 Å². The first-order valence-electron chi connectivity index (χ1n) is 12.2. The maximum absolute atomic E-state index is 6.52. The van der Waals surface area contributed by atoms with E-state index in [-0.39, 0.29) is 18.2 Å². The van der Waals surface area contributed by atoms with Gasteiger partial charge >= 0.3 is 0 Å². The molecule has 5 heterocycles. The number of nitrogens with zero attached hydrogens (tertiary/aromatic N) is 5. The van der Waals surface area contributed by atoms with Gasteiger partial charge in [0.1, 0.15) is 23.9 Å². The van der Waals surface area contributed by atoms with E-state index in [9.17, 15) is 0 Å². The fourth-order valence-electron chi connectivity index (χ4n) is 6.93. The average molecular weight is 441 g/mol. The Morgan fingerprint density at radius 3 is 2.69 bits per heavy atom. The van der Waals surface area contributed by atoms with E-state index in [1.807, 2.05) is 19.9 Å². The third-order valence-corrected chi connectivity index (χ3v) is 8.56. The molecule has 0 radical (unpaired) electrons. The number of nitrogen functional groups attached to an aromatic ring is 1. The Hall–Kier alpha value is -1.74. The molecule has 3 aliphatic heterocycles. The third-order valence-electron chi connectivity index (χ3n) is 8.56. The molecule has 0 unspecified atom stereocenters. The zero-order valence-electron chi connectivity index (χ0n) is 19.5. The first-order valence-corrected chi connectivity index (χ1v) is 12.2. The van der Waals surface area contributed by atoms with Gasteiger partial charge in [-0.15, -0.1) is 0 Å². The average Bonchev–Trinajstić information content (AvgIpc) is 3.49. The number of aromatic nitrogens is 3. The van der Waals surface area contributed by atoms with Gasteiger partial charge in [-0.05, 0) is 78.7 Å². The topological polar surface area (TPSA) is 81.7 Å². The number of rotatable bonds is 3. The van der Waals surface area contributed by atoms with E-state index in [0.29, 0.717) is 17.3 Å². The second-order valence-electron chi connectivity index (χ2n) is 10.9. The van der Waals surface area contributed by atoms with E-state index in [2.05, 4.69) is 37.6 Å². The molecule has 4 fully saturated rings. The lowest BCUT2D eigenvalue weighted by Gasteiger charge is -2.45. The molecule has 2 N–H and O–H groups in total. The minimum Gasteiger partial charge on any atom is -0.383 e. The van der Waals surface area contributed by atoms with Gasteiger partial charge in [0.05, 0.1) is 17.5 Å². The molecule has 174 valence electrons. The van der Waals surface area contributed by atoms with Crippen LogP contribution in [0.25, 0.3) is 11.0 Å². The molecule has 1 saturated carbocycles. The lowest BCUT2D eigenvalue weighted by atomic mass is 9.84. The fraction of sp³-hybridized carbons (Fsp3) is 0.750. The molecule has 0 bridgehead atoms. The van der Waals surface area contributed by atoms with Gasteiger partial charge in [0.15, 0.2) is 5.79 Å². The van der Waals surface area contributed by atoms with Crippen LogP contribution in [0.15, 0.2) is 18.6 Å². The number of anilines is 1. The summed E-state index contributed by atoms with van der Waals surface area (Å²) in [6.07, 6.45) is 10.1. The summed E-state index contributed by atoms with van der Waals surface area (Å²) in [6, 6.07) is 2.22. The molecule has 2 aromatic rings. The summed E-state index contributed by atoms with van der Waals surface area (Å²) < 4.78 is 15.3. The third kappa shape index (κ3) is 3.26. The van der Waals surface area contributed by atoms with Crippen LogP contribution in [0.1, 0.15) is 52.0 Å². The lowest BCUT2D eigenvalue weighted by molar-refractivity contribution is -0.161. The van der Waals surface area contributed by atoms with Crippen molar-refractivity contribution in [3.63, 3.8) is 0 Å². The fourth-order valence-corrected chi connectivity index (χ4v) is 6.93. The monoisotopic (exact) mass is 440 g/mol. The van der Waals surface area contributed by atoms with Gasteiger partial charge in [-0.1, -0.05) is 0 Å². The van der Waals surface area contributed by atoms with E-state index in [1.165, 1.54) is 45.3 Å². The van der Waals surface area contributed by atoms with E-state index in [4.69, 9.17) is 15.2 Å². The quantitative estimate of drug-likeness (QED) is 0.786. The van der Waals surface area contributed by atoms with E-state index < -0.39 is 5.79 Å². The molecular weight excluding hydrogens is 404 g/mol. The standard InChI is InChI=1S/C24H36N6O2/c1-23(2)31-19-16(14-29-9-4-6-24(29)7-11-28(3)12-8-24)13-18(20(19)32-23)30-10-5-17-21(25)26-15-27-22(17)30/h5,10,15-16,18-20H,4,6-9,11-14H2,1-3H3,(H2,25,26,27)/t16-,18-,19-,20+/m1/s1. The normalized spacial score (nSPS) is 34.6. The molecular formula is C24H36N6O2. The number of hydrogen-bond acceptors (Lipinski definition) is 7. The number of nitrogens with two attached hydrogens (primary N) is 1. The highest BCUT2D eigenvalue weighted by Gasteiger charge is 2.56. The van der Waals surface area contributed by atoms with Gasteiger partial charge in [-0.25, -0.2) is 9.97 Å². The van der Waals surface area contributed by atoms with Crippen molar-refractivity contribution in [2.45, 2.75) is 75.5 Å². The highest BCUT2D eigenvalue weighted by atomic mass is 16.8. The SMILES string of the molecule is CN1CCC2(CCCN2C[C@H]2C[C@@H](n3ccc4c(N)ncnc43)[C@@H]3OC(C)(C)O[C@H]23)CC1. The van der Waals surface area contributed by atoms with E-state index >= 15 is 0 Å². The summed E-state index contributed by atoms with van der Waals surface area (Å²) in [5.41, 5.74) is 7.39. The van der Waals surface area contributed by atoms with Crippen molar-refractivity contribution < 1.29 is 9.47 Å². The second kappa shape index (κ2) is 7.38. The van der Waals surface area contributed by atoms with Crippen molar-refractivity contribution in [1.82, 2.24) is 24.3 Å². The number of piperidine rings is 1. The van der Waals surface area contributed by atoms with Crippen LogP contribution in [0.3, 0.4) is 0 Å². The maximum atomic E-state index is 6.52. The molecule has 8 nitrogen and oxygen atoms in total. The first-order chi connectivity index (χ1) is 15.4. The zero-order chi connectivity index (χ0) is 22.1. The number of likely N-dealkylation sites (tertiary alicyclic amines) is 2. The molecule has 4 atom stereocenters. The maximum Gasteiger partial charge on any atom is 0.163 e. The Bertz CT molecular complexity index is 998. The lowest BCUT2D eigenvalue weighted by Crippen LogP contribution is -2.53. The van der Waals surface area contributed by atoms with Gasteiger partial charge in [0.25, 0.3) is 0 Å². The van der Waals surface area contributed by atoms with Crippen LogP contribution < -0.4 is 5.73 Å². The summed E-state index contributed by atoms with van der Waals surface area (Å²) >= 11 is 0. The molecule has 1 spiro atoms. The van der Waals surface area contributed by atoms with Gasteiger partial charge in [-0.3, -0.25) is 4.90 Å². The largest absolute Gasteiger partial charge is 0.383 e. The van der Waals surface area contributed by atoms with Crippen molar-refractivity contribution in [2.24, 2.45) is 5.92 Å². The summed E-state index contributed by atoms with van der Waals surface area (Å²) in [4.78, 5) is 14.0. The molecule has 8 heteroatoms. The first kappa shape index (κ1) is 20.8. The Morgan fingerprint density at radius 2 is 1.88 bits per heavy atom. The van der Waals surface area contributed by atoms with Crippen LogP contribution in [0.2, 0.25) is 0 Å². The van der Waals surface area contributed by atoms with Crippen molar-refractivity contribution in [1.29, 1.82) is 0 Å². The van der Waals surface area contributed by atoms with Crippen molar-refractivity contribution in [2.75, 3.05) is 39.0 Å². The van der Waals surface area contributed by atoms with Crippen LogP contribution in [-0.4, -0.2) is 81.1 Å². The van der Waals surface area contributed by atoms with Gasteiger partial charge < -0.3 is 24.7 Å². The molecule has 6 rings (SSSR count). The van der Waals surface area contributed by atoms with Crippen molar-refractivity contribution in [3.05, 3.63) is 18.6 Å². The molecule has 0 aromatic carbocycles. The zero-order valence-corrected chi connectivity index (χ0v) is 19.5. The predicted octanol–water partition coefficient (Wildman–Crippen LogP) is 2.65. The Morgan fingerprint density at radius 1 is 1.09 bits per heavy atom. The summed E-state index contributed by atoms with van der Waals surface area (Å²) in [6.45, 7) is 8.81. The Balaban J connectivity index is 1.29. The number of hydrogen-bond donors (Lipinski definition) is 1. The van der Waals surface area contributed by atoms with Crippen LogP contribution >= 0.6 is 0 Å². The van der Waals surface area contributed by atoms with Crippen molar-refractivity contribution >= 4 is 16.9 Å². The van der Waals surface area contributed by atoms with Crippen molar-refractivity contribution in [3.8, 4) is 0 Å². The summed E-state index contributed by atoms with van der Waals surface area (Å²) in [5, 5.41) is 0.912. The van der Waals surface area contributed by atoms with Gasteiger partial charge in [0.2, 0.25) is 0 Å². The molecule has 1 aliphatic carbocycles. The highest BCUT2D eigenvalue weighted by Crippen LogP contribution is 2.49. The molecule has 0 amide bonds. The second-order valence-corrected chi connectivity index (χ2v) is 10.9.